The van der Waals surface area contributed by atoms with Crippen molar-refractivity contribution in [2.75, 3.05) is 32.8 Å². The third-order valence-corrected chi connectivity index (χ3v) is 9.33. The Morgan fingerprint density at radius 3 is 1.91 bits per heavy atom. The Morgan fingerprint density at radius 1 is 0.814 bits per heavy atom. The molecule has 1 heterocycles. The molecule has 1 atom stereocenters. The van der Waals surface area contributed by atoms with Gasteiger partial charge in [0.25, 0.3) is 0 Å². The number of nitrogens with zero attached hydrogens (tertiary/aromatic N) is 2. The average molecular weight is 598 g/mol. The van der Waals surface area contributed by atoms with E-state index in [-0.39, 0.29) is 23.3 Å². The van der Waals surface area contributed by atoms with Gasteiger partial charge in [0, 0.05) is 26.2 Å². The number of ether oxygens (including phenoxy) is 1. The maximum Gasteiger partial charge on any atom is 0.241 e. The molecule has 8 heteroatoms. The lowest BCUT2D eigenvalue weighted by molar-refractivity contribution is -0.135. The molecule has 1 amide bonds. The van der Waals surface area contributed by atoms with Crippen LogP contribution >= 0.6 is 0 Å². The summed E-state index contributed by atoms with van der Waals surface area (Å²) in [4.78, 5) is 18.3. The fourth-order valence-electron chi connectivity index (χ4n) is 5.70. The van der Waals surface area contributed by atoms with E-state index < -0.39 is 16.1 Å². The molecule has 1 aliphatic rings. The number of nitrogens with one attached hydrogen (secondary N) is 1. The van der Waals surface area contributed by atoms with Crippen molar-refractivity contribution in [1.29, 1.82) is 0 Å². The van der Waals surface area contributed by atoms with Crippen LogP contribution in [0, 0.1) is 6.92 Å². The van der Waals surface area contributed by atoms with Crippen LogP contribution in [0.5, 0.6) is 5.75 Å². The second kappa shape index (κ2) is 14.0. The van der Waals surface area contributed by atoms with Crippen molar-refractivity contribution >= 4 is 15.9 Å². The molecule has 1 aliphatic heterocycles. The molecule has 0 radical (unpaired) electrons. The molecule has 4 aromatic rings. The maximum absolute atomic E-state index is 14.0. The number of rotatable bonds is 11. The van der Waals surface area contributed by atoms with Crippen LogP contribution in [-0.4, -0.2) is 63.0 Å². The molecule has 224 valence electrons. The highest BCUT2D eigenvalue weighted by molar-refractivity contribution is 7.89. The molecule has 1 saturated heterocycles. The topological polar surface area (TPSA) is 78.9 Å². The molecular weight excluding hydrogens is 558 g/mol. The SMILES string of the molecule is CCOc1ccc(S(=O)(=O)N[C@H](Cc2ccccc2)C(=O)N2CCN(C(c3ccccc3)c3ccccc3)CC2)cc1C. The lowest BCUT2D eigenvalue weighted by Crippen LogP contribution is -2.56. The Bertz CT molecular complexity index is 1550. The highest BCUT2D eigenvalue weighted by atomic mass is 32.2. The van der Waals surface area contributed by atoms with Crippen LogP contribution in [-0.2, 0) is 21.2 Å². The molecule has 0 saturated carbocycles. The van der Waals surface area contributed by atoms with E-state index in [9.17, 15) is 13.2 Å². The zero-order chi connectivity index (χ0) is 30.2. The molecular formula is C35H39N3O4S. The third-order valence-electron chi connectivity index (χ3n) is 7.86. The normalized spacial score (nSPS) is 14.9. The van der Waals surface area contributed by atoms with E-state index in [1.54, 1.807) is 17.0 Å². The van der Waals surface area contributed by atoms with Crippen LogP contribution in [0.15, 0.2) is 114 Å². The predicted octanol–water partition coefficient (Wildman–Crippen LogP) is 5.22. The molecule has 0 unspecified atom stereocenters. The van der Waals surface area contributed by atoms with Crippen LogP contribution < -0.4 is 9.46 Å². The maximum atomic E-state index is 14.0. The summed E-state index contributed by atoms with van der Waals surface area (Å²) in [5.74, 6) is 0.422. The van der Waals surface area contributed by atoms with E-state index in [0.717, 1.165) is 11.1 Å². The van der Waals surface area contributed by atoms with Gasteiger partial charge in [-0.15, -0.1) is 0 Å². The number of benzene rings is 4. The molecule has 0 aromatic heterocycles. The van der Waals surface area contributed by atoms with Gasteiger partial charge in [-0.3, -0.25) is 9.69 Å². The van der Waals surface area contributed by atoms with Gasteiger partial charge in [0.2, 0.25) is 15.9 Å². The van der Waals surface area contributed by atoms with Crippen LogP contribution in [0.3, 0.4) is 0 Å². The van der Waals surface area contributed by atoms with E-state index in [4.69, 9.17) is 4.74 Å². The van der Waals surface area contributed by atoms with Gasteiger partial charge in [-0.25, -0.2) is 8.42 Å². The first-order valence-corrected chi connectivity index (χ1v) is 16.3. The molecule has 0 bridgehead atoms. The van der Waals surface area contributed by atoms with Gasteiger partial charge in [0.05, 0.1) is 17.5 Å². The van der Waals surface area contributed by atoms with E-state index in [1.165, 1.54) is 17.2 Å². The van der Waals surface area contributed by atoms with Gasteiger partial charge < -0.3 is 9.64 Å². The van der Waals surface area contributed by atoms with Crippen molar-refractivity contribution in [1.82, 2.24) is 14.5 Å². The van der Waals surface area contributed by atoms with E-state index in [2.05, 4.69) is 58.2 Å². The van der Waals surface area contributed by atoms with Crippen LogP contribution in [0.1, 0.15) is 35.2 Å². The minimum absolute atomic E-state index is 0.0705. The zero-order valence-corrected chi connectivity index (χ0v) is 25.5. The second-order valence-corrected chi connectivity index (χ2v) is 12.5. The number of carbonyl (C=O) groups is 1. The zero-order valence-electron chi connectivity index (χ0n) is 24.7. The summed E-state index contributed by atoms with van der Waals surface area (Å²) in [6, 6.07) is 34.2. The quantitative estimate of drug-likeness (QED) is 0.257. The number of aryl methyl sites for hydroxylation is 1. The van der Waals surface area contributed by atoms with Crippen molar-refractivity contribution in [2.24, 2.45) is 0 Å². The summed E-state index contributed by atoms with van der Waals surface area (Å²) in [6.07, 6.45) is 0.256. The van der Waals surface area contributed by atoms with Crippen LogP contribution in [0.2, 0.25) is 0 Å². The standard InChI is InChI=1S/C35H39N3O4S/c1-3-42-33-20-19-31(25-27(33)2)43(40,41)36-32(26-28-13-7-4-8-14-28)35(39)38-23-21-37(22-24-38)34(29-15-9-5-10-16-29)30-17-11-6-12-18-30/h4-20,25,32,34,36H,3,21-24,26H2,1-2H3/t32-/m1/s1. The summed E-state index contributed by atoms with van der Waals surface area (Å²) in [5, 5.41) is 0. The first kappa shape index (κ1) is 30.5. The van der Waals surface area contributed by atoms with Crippen molar-refractivity contribution in [3.8, 4) is 5.75 Å². The number of carbonyl (C=O) groups excluding carboxylic acids is 1. The Kier molecular flexibility index (Phi) is 9.92. The number of hydrogen-bond donors (Lipinski definition) is 1. The molecule has 43 heavy (non-hydrogen) atoms. The summed E-state index contributed by atoms with van der Waals surface area (Å²) in [5.41, 5.74) is 4.01. The Morgan fingerprint density at radius 2 is 1.37 bits per heavy atom. The van der Waals surface area contributed by atoms with Crippen molar-refractivity contribution < 1.29 is 17.9 Å². The van der Waals surface area contributed by atoms with Crippen LogP contribution in [0.4, 0.5) is 0 Å². The summed E-state index contributed by atoms with van der Waals surface area (Å²) in [7, 11) is -3.98. The molecule has 0 aliphatic carbocycles. The minimum atomic E-state index is -3.98. The second-order valence-electron chi connectivity index (χ2n) is 10.8. The fraction of sp³-hybridized carbons (Fsp3) is 0.286. The molecule has 5 rings (SSSR count). The number of sulfonamides is 1. The Balaban J connectivity index is 1.34. The van der Waals surface area contributed by atoms with Gasteiger partial charge in [-0.1, -0.05) is 91.0 Å². The van der Waals surface area contributed by atoms with E-state index in [0.29, 0.717) is 38.5 Å². The Labute approximate surface area is 255 Å². The lowest BCUT2D eigenvalue weighted by atomic mass is 9.96. The average Bonchev–Trinajstić information content (AvgIpc) is 3.03. The van der Waals surface area contributed by atoms with E-state index in [1.807, 2.05) is 56.3 Å². The first-order chi connectivity index (χ1) is 20.9. The molecule has 1 N–H and O–H groups in total. The van der Waals surface area contributed by atoms with Crippen LogP contribution in [0.25, 0.3) is 0 Å². The monoisotopic (exact) mass is 597 g/mol. The first-order valence-electron chi connectivity index (χ1n) is 14.8. The number of piperazine rings is 1. The molecule has 4 aromatic carbocycles. The minimum Gasteiger partial charge on any atom is -0.494 e. The third kappa shape index (κ3) is 7.51. The van der Waals surface area contributed by atoms with Crippen molar-refractivity contribution in [3.63, 3.8) is 0 Å². The van der Waals surface area contributed by atoms with Gasteiger partial charge in [-0.2, -0.15) is 4.72 Å². The van der Waals surface area contributed by atoms with Crippen molar-refractivity contribution in [3.05, 3.63) is 131 Å². The number of amides is 1. The van der Waals surface area contributed by atoms with Gasteiger partial charge in [-0.05, 0) is 60.7 Å². The highest BCUT2D eigenvalue weighted by Crippen LogP contribution is 2.30. The highest BCUT2D eigenvalue weighted by Gasteiger charge is 2.33. The van der Waals surface area contributed by atoms with Gasteiger partial charge >= 0.3 is 0 Å². The Hall–Kier alpha value is -3.98. The van der Waals surface area contributed by atoms with E-state index >= 15 is 0 Å². The molecule has 1 fully saturated rings. The summed E-state index contributed by atoms with van der Waals surface area (Å²) in [6.45, 7) is 6.53. The molecule has 0 spiro atoms. The largest absolute Gasteiger partial charge is 0.494 e. The number of hydrogen-bond acceptors (Lipinski definition) is 5. The van der Waals surface area contributed by atoms with Gasteiger partial charge in [0.15, 0.2) is 0 Å². The molecule has 7 nitrogen and oxygen atoms in total. The van der Waals surface area contributed by atoms with Gasteiger partial charge in [0.1, 0.15) is 11.8 Å². The summed E-state index contributed by atoms with van der Waals surface area (Å²) < 4.78 is 35.5. The van der Waals surface area contributed by atoms with Crippen molar-refractivity contribution in [2.45, 2.75) is 37.2 Å². The smallest absolute Gasteiger partial charge is 0.241 e. The predicted molar refractivity (Wildman–Crippen MR) is 169 cm³/mol. The lowest BCUT2D eigenvalue weighted by Gasteiger charge is -2.40. The fourth-order valence-corrected chi connectivity index (χ4v) is 6.97. The summed E-state index contributed by atoms with van der Waals surface area (Å²) >= 11 is 0.